The maximum atomic E-state index is 12.0. The lowest BCUT2D eigenvalue weighted by atomic mass is 9.99. The Hall–Kier alpha value is -1.25. The Labute approximate surface area is 97.1 Å². The van der Waals surface area contributed by atoms with Crippen LogP contribution in [-0.2, 0) is 18.3 Å². The molecule has 1 aromatic rings. The summed E-state index contributed by atoms with van der Waals surface area (Å²) in [5.74, 6) is 1.05. The molecule has 3 nitrogen and oxygen atoms in total. The lowest BCUT2D eigenvalue weighted by Crippen LogP contribution is -2.38. The van der Waals surface area contributed by atoms with E-state index in [1.54, 1.807) is 0 Å². The van der Waals surface area contributed by atoms with Gasteiger partial charge in [-0.3, -0.25) is 4.79 Å². The standard InChI is InChI=1S/C13H20N2O/c1-11-3-7-15(8-4-11)13(16)9-12-5-6-14(2)10-12/h5-6,10-11H,3-4,7-9H2,1-2H3. The highest BCUT2D eigenvalue weighted by Crippen LogP contribution is 2.16. The summed E-state index contributed by atoms with van der Waals surface area (Å²) < 4.78 is 1.99. The number of aryl methyl sites for hydroxylation is 1. The van der Waals surface area contributed by atoms with Crippen LogP contribution < -0.4 is 0 Å². The normalized spacial score (nSPS) is 17.8. The third kappa shape index (κ3) is 2.65. The first-order valence-corrected chi connectivity index (χ1v) is 6.04. The lowest BCUT2D eigenvalue weighted by Gasteiger charge is -2.30. The molecule has 2 heterocycles. The van der Waals surface area contributed by atoms with Crippen molar-refractivity contribution in [1.29, 1.82) is 0 Å². The number of amides is 1. The summed E-state index contributed by atoms with van der Waals surface area (Å²) in [5, 5.41) is 0. The van der Waals surface area contributed by atoms with Gasteiger partial charge in [-0.2, -0.15) is 0 Å². The molecule has 0 unspecified atom stereocenters. The fraction of sp³-hybridized carbons (Fsp3) is 0.615. The molecule has 0 saturated carbocycles. The first kappa shape index (κ1) is 11.2. The molecule has 16 heavy (non-hydrogen) atoms. The summed E-state index contributed by atoms with van der Waals surface area (Å²) in [7, 11) is 1.98. The molecule has 0 N–H and O–H groups in total. The van der Waals surface area contributed by atoms with E-state index in [1.165, 1.54) is 0 Å². The third-order valence-electron chi connectivity index (χ3n) is 3.38. The molecule has 0 aromatic carbocycles. The molecule has 2 rings (SSSR count). The fourth-order valence-electron chi connectivity index (χ4n) is 2.21. The average molecular weight is 220 g/mol. The number of likely N-dealkylation sites (tertiary alicyclic amines) is 1. The summed E-state index contributed by atoms with van der Waals surface area (Å²) in [6.07, 6.45) is 6.86. The van der Waals surface area contributed by atoms with Crippen molar-refractivity contribution in [3.63, 3.8) is 0 Å². The Bertz CT molecular complexity index is 362. The monoisotopic (exact) mass is 220 g/mol. The summed E-state index contributed by atoms with van der Waals surface area (Å²) in [5.41, 5.74) is 1.12. The van der Waals surface area contributed by atoms with E-state index < -0.39 is 0 Å². The van der Waals surface area contributed by atoms with Crippen LogP contribution >= 0.6 is 0 Å². The number of hydrogen-bond acceptors (Lipinski definition) is 1. The van der Waals surface area contributed by atoms with Crippen LogP contribution in [-0.4, -0.2) is 28.5 Å². The zero-order valence-electron chi connectivity index (χ0n) is 10.1. The minimum Gasteiger partial charge on any atom is -0.357 e. The highest BCUT2D eigenvalue weighted by Gasteiger charge is 2.20. The Kier molecular flexibility index (Phi) is 3.32. The van der Waals surface area contributed by atoms with Gasteiger partial charge in [0.2, 0.25) is 5.91 Å². The molecule has 3 heteroatoms. The number of rotatable bonds is 2. The van der Waals surface area contributed by atoms with Crippen LogP contribution in [0.3, 0.4) is 0 Å². The van der Waals surface area contributed by atoms with Crippen molar-refractivity contribution in [3.05, 3.63) is 24.0 Å². The van der Waals surface area contributed by atoms with Crippen molar-refractivity contribution in [1.82, 2.24) is 9.47 Å². The zero-order chi connectivity index (χ0) is 11.5. The van der Waals surface area contributed by atoms with Crippen LogP contribution in [0.2, 0.25) is 0 Å². The molecule has 0 bridgehead atoms. The SMILES string of the molecule is CC1CCN(C(=O)Cc2ccn(C)c2)CC1. The molecule has 1 aliphatic rings. The van der Waals surface area contributed by atoms with Gasteiger partial charge in [0.25, 0.3) is 0 Å². The largest absolute Gasteiger partial charge is 0.357 e. The van der Waals surface area contributed by atoms with Crippen molar-refractivity contribution in [2.45, 2.75) is 26.2 Å². The van der Waals surface area contributed by atoms with Gasteiger partial charge in [-0.1, -0.05) is 6.92 Å². The smallest absolute Gasteiger partial charge is 0.227 e. The molecule has 0 radical (unpaired) electrons. The molecule has 1 aliphatic heterocycles. The quantitative estimate of drug-likeness (QED) is 0.746. The summed E-state index contributed by atoms with van der Waals surface area (Å²) in [6.45, 7) is 4.14. The topological polar surface area (TPSA) is 25.2 Å². The van der Waals surface area contributed by atoms with Crippen LogP contribution in [0.1, 0.15) is 25.3 Å². The molecule has 1 saturated heterocycles. The van der Waals surface area contributed by atoms with Gasteiger partial charge in [0, 0.05) is 32.5 Å². The molecule has 1 amide bonds. The number of piperidine rings is 1. The molecular formula is C13H20N2O. The number of aromatic nitrogens is 1. The first-order chi connectivity index (χ1) is 7.65. The molecule has 88 valence electrons. The summed E-state index contributed by atoms with van der Waals surface area (Å²) in [6, 6.07) is 2.02. The minimum absolute atomic E-state index is 0.276. The van der Waals surface area contributed by atoms with Crippen molar-refractivity contribution < 1.29 is 4.79 Å². The van der Waals surface area contributed by atoms with E-state index in [4.69, 9.17) is 0 Å². The van der Waals surface area contributed by atoms with Gasteiger partial charge in [-0.15, -0.1) is 0 Å². The second-order valence-electron chi connectivity index (χ2n) is 4.93. The Morgan fingerprint density at radius 2 is 2.12 bits per heavy atom. The molecule has 1 aromatic heterocycles. The highest BCUT2D eigenvalue weighted by atomic mass is 16.2. The Balaban J connectivity index is 1.88. The third-order valence-corrected chi connectivity index (χ3v) is 3.38. The predicted octanol–water partition coefficient (Wildman–Crippen LogP) is 1.83. The van der Waals surface area contributed by atoms with E-state index in [0.29, 0.717) is 6.42 Å². The molecule has 0 spiro atoms. The second kappa shape index (κ2) is 4.73. The molecule has 0 atom stereocenters. The van der Waals surface area contributed by atoms with Gasteiger partial charge in [-0.25, -0.2) is 0 Å². The van der Waals surface area contributed by atoms with Crippen LogP contribution in [0.4, 0.5) is 0 Å². The predicted molar refractivity (Wildman–Crippen MR) is 64.1 cm³/mol. The van der Waals surface area contributed by atoms with Crippen molar-refractivity contribution in [2.75, 3.05) is 13.1 Å². The molecule has 0 aliphatic carbocycles. The number of hydrogen-bond donors (Lipinski definition) is 0. The van der Waals surface area contributed by atoms with Crippen molar-refractivity contribution in [2.24, 2.45) is 13.0 Å². The van der Waals surface area contributed by atoms with E-state index in [1.807, 2.05) is 35.0 Å². The van der Waals surface area contributed by atoms with Gasteiger partial charge < -0.3 is 9.47 Å². The van der Waals surface area contributed by atoms with E-state index in [2.05, 4.69) is 6.92 Å². The molecular weight excluding hydrogens is 200 g/mol. The van der Waals surface area contributed by atoms with Gasteiger partial charge in [0.05, 0.1) is 6.42 Å². The van der Waals surface area contributed by atoms with Crippen molar-refractivity contribution in [3.8, 4) is 0 Å². The van der Waals surface area contributed by atoms with E-state index in [0.717, 1.165) is 37.4 Å². The van der Waals surface area contributed by atoms with E-state index in [9.17, 15) is 4.79 Å². The highest BCUT2D eigenvalue weighted by molar-refractivity contribution is 5.78. The first-order valence-electron chi connectivity index (χ1n) is 6.04. The van der Waals surface area contributed by atoms with Crippen LogP contribution in [0.5, 0.6) is 0 Å². The summed E-state index contributed by atoms with van der Waals surface area (Å²) >= 11 is 0. The van der Waals surface area contributed by atoms with E-state index >= 15 is 0 Å². The van der Waals surface area contributed by atoms with Crippen LogP contribution in [0.15, 0.2) is 18.5 Å². The second-order valence-corrected chi connectivity index (χ2v) is 4.93. The maximum absolute atomic E-state index is 12.0. The van der Waals surface area contributed by atoms with Gasteiger partial charge >= 0.3 is 0 Å². The fourth-order valence-corrected chi connectivity index (χ4v) is 2.21. The Morgan fingerprint density at radius 1 is 1.44 bits per heavy atom. The maximum Gasteiger partial charge on any atom is 0.227 e. The van der Waals surface area contributed by atoms with Crippen LogP contribution in [0.25, 0.3) is 0 Å². The number of carbonyl (C=O) groups is 1. The number of nitrogens with zero attached hydrogens (tertiary/aromatic N) is 2. The lowest BCUT2D eigenvalue weighted by molar-refractivity contribution is -0.131. The van der Waals surface area contributed by atoms with Crippen molar-refractivity contribution >= 4 is 5.91 Å². The van der Waals surface area contributed by atoms with E-state index in [-0.39, 0.29) is 5.91 Å². The van der Waals surface area contributed by atoms with Gasteiger partial charge in [-0.05, 0) is 30.4 Å². The van der Waals surface area contributed by atoms with Crippen LogP contribution in [0, 0.1) is 5.92 Å². The number of carbonyl (C=O) groups excluding carboxylic acids is 1. The summed E-state index contributed by atoms with van der Waals surface area (Å²) in [4.78, 5) is 14.0. The van der Waals surface area contributed by atoms with Gasteiger partial charge in [0.15, 0.2) is 0 Å². The van der Waals surface area contributed by atoms with Gasteiger partial charge in [0.1, 0.15) is 0 Å². The minimum atomic E-state index is 0.276. The molecule has 1 fully saturated rings. The average Bonchev–Trinajstić information content (AvgIpc) is 2.65. The Morgan fingerprint density at radius 3 is 2.69 bits per heavy atom. The zero-order valence-corrected chi connectivity index (χ0v) is 10.1.